The second-order valence-electron chi connectivity index (χ2n) is 8.10. The van der Waals surface area contributed by atoms with E-state index in [1.807, 2.05) is 95.0 Å². The molecule has 0 aliphatic carbocycles. The molecule has 2 aromatic carbocycles. The zero-order valence-corrected chi connectivity index (χ0v) is 19.5. The Kier molecular flexibility index (Phi) is 6.06. The van der Waals surface area contributed by atoms with Gasteiger partial charge in [0.2, 0.25) is 0 Å². The highest BCUT2D eigenvalue weighted by atomic mass is 32.1. The highest BCUT2D eigenvalue weighted by Gasteiger charge is 2.16. The highest BCUT2D eigenvalue weighted by molar-refractivity contribution is 7.08. The van der Waals surface area contributed by atoms with Crippen molar-refractivity contribution in [2.75, 3.05) is 5.32 Å². The smallest absolute Gasteiger partial charge is 0.193 e. The minimum atomic E-state index is -0.112. The van der Waals surface area contributed by atoms with E-state index in [0.717, 1.165) is 28.2 Å². The van der Waals surface area contributed by atoms with Crippen LogP contribution in [0.4, 0.5) is 11.5 Å². The average molecular weight is 466 g/mol. The molecule has 0 atom stereocenters. The Morgan fingerprint density at radius 3 is 2.44 bits per heavy atom. The van der Waals surface area contributed by atoms with E-state index < -0.39 is 0 Å². The summed E-state index contributed by atoms with van der Waals surface area (Å²) in [5, 5.41) is 7.68. The van der Waals surface area contributed by atoms with Crippen molar-refractivity contribution < 1.29 is 4.79 Å². The number of aromatic nitrogens is 2. The van der Waals surface area contributed by atoms with Crippen LogP contribution in [0.3, 0.4) is 0 Å². The van der Waals surface area contributed by atoms with E-state index in [1.165, 1.54) is 11.3 Å². The summed E-state index contributed by atoms with van der Waals surface area (Å²) in [6, 6.07) is 25.0. The molecular formula is C28H23N3O2S. The number of carbonyl (C=O) groups is 1. The fourth-order valence-corrected chi connectivity index (χ4v) is 4.70. The van der Waals surface area contributed by atoms with Crippen LogP contribution < -0.4 is 10.7 Å². The van der Waals surface area contributed by atoms with Crippen LogP contribution in [0.1, 0.15) is 28.0 Å². The second-order valence-corrected chi connectivity index (χ2v) is 8.88. The lowest BCUT2D eigenvalue weighted by Crippen LogP contribution is -2.15. The molecule has 168 valence electrons. The largest absolute Gasteiger partial charge is 0.341 e. The zero-order valence-electron chi connectivity index (χ0n) is 18.7. The fourth-order valence-electron chi connectivity index (χ4n) is 4.03. The molecule has 0 aliphatic heterocycles. The zero-order chi connectivity index (χ0) is 23.5. The van der Waals surface area contributed by atoms with Gasteiger partial charge in [-0.3, -0.25) is 14.2 Å². The molecule has 5 nitrogen and oxygen atoms in total. The molecule has 0 aliphatic rings. The third-order valence-electron chi connectivity index (χ3n) is 5.81. The van der Waals surface area contributed by atoms with Gasteiger partial charge in [0, 0.05) is 40.5 Å². The number of anilines is 2. The number of nitrogens with zero attached hydrogens (tertiary/aromatic N) is 2. The number of pyridine rings is 2. The first-order valence-corrected chi connectivity index (χ1v) is 12.0. The Morgan fingerprint density at radius 2 is 1.74 bits per heavy atom. The summed E-state index contributed by atoms with van der Waals surface area (Å²) in [5.74, 6) is 0.743. The van der Waals surface area contributed by atoms with Crippen LogP contribution in [-0.4, -0.2) is 15.3 Å². The predicted molar refractivity (Wildman–Crippen MR) is 139 cm³/mol. The Labute approximate surface area is 201 Å². The highest BCUT2D eigenvalue weighted by Crippen LogP contribution is 2.26. The number of nitrogens with one attached hydrogen (secondary N) is 1. The number of fused-ring (bicyclic) bond motifs is 1. The van der Waals surface area contributed by atoms with Gasteiger partial charge in [0.25, 0.3) is 0 Å². The maximum atomic E-state index is 13.2. The van der Waals surface area contributed by atoms with Crippen LogP contribution in [0.2, 0.25) is 0 Å². The van der Waals surface area contributed by atoms with Crippen LogP contribution in [0, 0.1) is 6.92 Å². The molecule has 3 heterocycles. The van der Waals surface area contributed by atoms with Gasteiger partial charge in [-0.2, -0.15) is 11.3 Å². The summed E-state index contributed by atoms with van der Waals surface area (Å²) >= 11 is 1.51. The number of hydrogen-bond donors (Lipinski definition) is 1. The first-order chi connectivity index (χ1) is 16.6. The molecule has 5 aromatic rings. The average Bonchev–Trinajstić information content (AvgIpc) is 3.39. The first-order valence-electron chi connectivity index (χ1n) is 11.1. The number of Topliss-reactive ketones (excluding diaryl/α,β-unsaturated/α-hetero) is 1. The van der Waals surface area contributed by atoms with E-state index in [-0.39, 0.29) is 11.2 Å². The van der Waals surface area contributed by atoms with E-state index in [0.29, 0.717) is 29.7 Å². The standard InChI is InChI=1S/C28H23N3O2S/c1-19-20(12-13-25(32)21-14-15-34-18-21)16-24-26(33)17-27(30-22-8-4-2-5-9-22)31(28(24)29-19)23-10-6-3-7-11-23/h2-11,14-18,30H,12-13H2,1H3. The summed E-state index contributed by atoms with van der Waals surface area (Å²) < 4.78 is 1.97. The number of thiophene rings is 1. The van der Waals surface area contributed by atoms with Gasteiger partial charge in [-0.1, -0.05) is 36.4 Å². The maximum absolute atomic E-state index is 13.2. The fraction of sp³-hybridized carbons (Fsp3) is 0.107. The van der Waals surface area contributed by atoms with Crippen LogP contribution in [0.5, 0.6) is 0 Å². The van der Waals surface area contributed by atoms with E-state index >= 15 is 0 Å². The van der Waals surface area contributed by atoms with Gasteiger partial charge in [-0.15, -0.1) is 0 Å². The topological polar surface area (TPSA) is 64.0 Å². The van der Waals surface area contributed by atoms with Crippen molar-refractivity contribution in [3.63, 3.8) is 0 Å². The molecule has 5 rings (SSSR count). The van der Waals surface area contributed by atoms with Crippen molar-refractivity contribution in [1.29, 1.82) is 0 Å². The number of para-hydroxylation sites is 2. The molecule has 3 aromatic heterocycles. The Morgan fingerprint density at radius 1 is 1.00 bits per heavy atom. The molecule has 0 radical (unpaired) electrons. The number of hydrogen-bond acceptors (Lipinski definition) is 5. The van der Waals surface area contributed by atoms with Crippen molar-refractivity contribution >= 4 is 39.7 Å². The maximum Gasteiger partial charge on any atom is 0.193 e. The van der Waals surface area contributed by atoms with Gasteiger partial charge >= 0.3 is 0 Å². The third-order valence-corrected chi connectivity index (χ3v) is 6.49. The quantitative estimate of drug-likeness (QED) is 0.286. The van der Waals surface area contributed by atoms with Crippen molar-refractivity contribution in [2.45, 2.75) is 19.8 Å². The molecule has 6 heteroatoms. The van der Waals surface area contributed by atoms with Gasteiger partial charge in [-0.05, 0) is 60.7 Å². The molecule has 0 unspecified atom stereocenters. The van der Waals surface area contributed by atoms with Crippen LogP contribution in [-0.2, 0) is 6.42 Å². The van der Waals surface area contributed by atoms with E-state index in [1.54, 1.807) is 6.07 Å². The second kappa shape index (κ2) is 9.45. The monoisotopic (exact) mass is 465 g/mol. The van der Waals surface area contributed by atoms with Gasteiger partial charge in [-0.25, -0.2) is 4.98 Å². The van der Waals surface area contributed by atoms with Crippen LogP contribution >= 0.6 is 11.3 Å². The molecule has 0 saturated heterocycles. The summed E-state index contributed by atoms with van der Waals surface area (Å²) in [4.78, 5) is 30.6. The van der Waals surface area contributed by atoms with E-state index in [4.69, 9.17) is 4.98 Å². The van der Waals surface area contributed by atoms with Crippen molar-refractivity contribution in [1.82, 2.24) is 9.55 Å². The Bertz CT molecular complexity index is 1510. The minimum Gasteiger partial charge on any atom is -0.341 e. The summed E-state index contributed by atoms with van der Waals surface area (Å²) in [6.07, 6.45) is 0.920. The molecule has 0 fully saturated rings. The molecule has 1 N–H and O–H groups in total. The number of carbonyl (C=O) groups excluding carboxylic acids is 1. The lowest BCUT2D eigenvalue weighted by Gasteiger charge is -2.19. The number of ketones is 1. The molecule has 0 amide bonds. The van der Waals surface area contributed by atoms with Gasteiger partial charge in [0.15, 0.2) is 11.2 Å². The third kappa shape index (κ3) is 4.40. The van der Waals surface area contributed by atoms with Crippen LogP contribution in [0.15, 0.2) is 94.4 Å². The molecular weight excluding hydrogens is 442 g/mol. The van der Waals surface area contributed by atoms with Crippen molar-refractivity contribution in [3.8, 4) is 5.69 Å². The summed E-state index contributed by atoms with van der Waals surface area (Å²) in [7, 11) is 0. The number of benzene rings is 2. The summed E-state index contributed by atoms with van der Waals surface area (Å²) in [6.45, 7) is 1.93. The predicted octanol–water partition coefficient (Wildman–Crippen LogP) is 6.31. The van der Waals surface area contributed by atoms with E-state index in [9.17, 15) is 9.59 Å². The van der Waals surface area contributed by atoms with E-state index in [2.05, 4.69) is 5.32 Å². The van der Waals surface area contributed by atoms with Crippen LogP contribution in [0.25, 0.3) is 16.7 Å². The number of aryl methyl sites for hydroxylation is 2. The SMILES string of the molecule is Cc1nc2c(cc1CCC(=O)c1ccsc1)c(=O)cc(Nc1ccccc1)n2-c1ccccc1. The summed E-state index contributed by atoms with van der Waals surface area (Å²) in [5.41, 5.74) is 4.72. The minimum absolute atomic E-state index is 0.102. The molecule has 0 bridgehead atoms. The Balaban J connectivity index is 1.60. The normalized spacial score (nSPS) is 11.0. The lowest BCUT2D eigenvalue weighted by molar-refractivity contribution is 0.0983. The lowest BCUT2D eigenvalue weighted by atomic mass is 10.0. The molecule has 0 spiro atoms. The Hall–Kier alpha value is -4.03. The molecule has 34 heavy (non-hydrogen) atoms. The molecule has 0 saturated carbocycles. The number of rotatable bonds is 7. The van der Waals surface area contributed by atoms with Gasteiger partial charge in [0.05, 0.1) is 5.39 Å². The van der Waals surface area contributed by atoms with Gasteiger partial charge in [0.1, 0.15) is 11.5 Å². The first kappa shape index (κ1) is 21.8. The van der Waals surface area contributed by atoms with Gasteiger partial charge < -0.3 is 5.32 Å². The van der Waals surface area contributed by atoms with Crippen molar-refractivity contribution in [2.24, 2.45) is 0 Å². The van der Waals surface area contributed by atoms with Crippen molar-refractivity contribution in [3.05, 3.63) is 117 Å².